The average Bonchev–Trinajstić information content (AvgIpc) is 2.61. The normalized spacial score (nSPS) is 10.6. The zero-order valence-electron chi connectivity index (χ0n) is 11.7. The molecule has 0 saturated heterocycles. The summed E-state index contributed by atoms with van der Waals surface area (Å²) in [6.07, 6.45) is 0. The van der Waals surface area contributed by atoms with Crippen LogP contribution in [0.4, 0.5) is 5.69 Å². The van der Waals surface area contributed by atoms with Crippen LogP contribution in [0.1, 0.15) is 37.0 Å². The molecule has 0 aromatic carbocycles. The second-order valence-corrected chi connectivity index (χ2v) is 4.46. The van der Waals surface area contributed by atoms with Crippen molar-refractivity contribution in [1.29, 1.82) is 0 Å². The fourth-order valence-corrected chi connectivity index (χ4v) is 1.60. The van der Waals surface area contributed by atoms with Crippen molar-refractivity contribution < 1.29 is 14.3 Å². The second kappa shape index (κ2) is 6.21. The largest absolute Gasteiger partial charge is 0.451 e. The number of anilines is 1. The van der Waals surface area contributed by atoms with Crippen LogP contribution in [0.5, 0.6) is 0 Å². The highest BCUT2D eigenvalue weighted by molar-refractivity contribution is 5.95. The van der Waals surface area contributed by atoms with E-state index in [1.807, 2.05) is 20.8 Å². The minimum absolute atomic E-state index is 0.000291. The number of rotatable bonds is 5. The molecule has 0 aliphatic carbocycles. The number of carbonyl (C=O) groups is 2. The Hall–Kier alpha value is -2.05. The van der Waals surface area contributed by atoms with Crippen molar-refractivity contribution in [2.24, 2.45) is 0 Å². The summed E-state index contributed by atoms with van der Waals surface area (Å²) >= 11 is 0. The van der Waals surface area contributed by atoms with E-state index in [1.54, 1.807) is 6.92 Å². The summed E-state index contributed by atoms with van der Waals surface area (Å²) in [4.78, 5) is 23.3. The number of nitrogens with two attached hydrogens (primary N) is 1. The van der Waals surface area contributed by atoms with Gasteiger partial charge in [0.05, 0.1) is 11.4 Å². The predicted molar refractivity (Wildman–Crippen MR) is 70.6 cm³/mol. The van der Waals surface area contributed by atoms with Gasteiger partial charge in [0.1, 0.15) is 0 Å². The molecule has 3 N–H and O–H groups in total. The van der Waals surface area contributed by atoms with Crippen LogP contribution in [0.2, 0.25) is 0 Å². The molecule has 0 atom stereocenters. The van der Waals surface area contributed by atoms with Gasteiger partial charge in [-0.1, -0.05) is 0 Å². The Morgan fingerprint density at radius 1 is 1.47 bits per heavy atom. The number of nitrogen functional groups attached to an aromatic ring is 1. The molecule has 0 radical (unpaired) electrons. The van der Waals surface area contributed by atoms with E-state index >= 15 is 0 Å². The van der Waals surface area contributed by atoms with Gasteiger partial charge >= 0.3 is 5.97 Å². The van der Waals surface area contributed by atoms with Gasteiger partial charge in [-0.25, -0.2) is 4.79 Å². The molecule has 0 saturated carbocycles. The Morgan fingerprint density at radius 3 is 2.63 bits per heavy atom. The molecule has 7 heteroatoms. The molecule has 0 fully saturated rings. The van der Waals surface area contributed by atoms with Gasteiger partial charge in [-0.15, -0.1) is 0 Å². The fourth-order valence-electron chi connectivity index (χ4n) is 1.60. The molecule has 0 aliphatic rings. The molecule has 0 unspecified atom stereocenters. The molecular formula is C12H20N4O3. The van der Waals surface area contributed by atoms with Crippen molar-refractivity contribution in [3.63, 3.8) is 0 Å². The summed E-state index contributed by atoms with van der Waals surface area (Å²) < 4.78 is 6.40. The highest BCUT2D eigenvalue weighted by atomic mass is 16.5. The molecule has 1 aromatic heterocycles. The summed E-state index contributed by atoms with van der Waals surface area (Å²) in [6, 6.07) is -0.000291. The molecule has 0 bridgehead atoms. The second-order valence-electron chi connectivity index (χ2n) is 4.46. The van der Waals surface area contributed by atoms with Gasteiger partial charge in [0.25, 0.3) is 5.91 Å². The van der Waals surface area contributed by atoms with Crippen LogP contribution in [0.3, 0.4) is 0 Å². The summed E-state index contributed by atoms with van der Waals surface area (Å²) in [6.45, 7) is 7.38. The van der Waals surface area contributed by atoms with Gasteiger partial charge in [0, 0.05) is 12.6 Å². The molecule has 106 valence electrons. The zero-order valence-corrected chi connectivity index (χ0v) is 11.7. The van der Waals surface area contributed by atoms with Crippen molar-refractivity contribution >= 4 is 17.6 Å². The van der Waals surface area contributed by atoms with E-state index in [4.69, 9.17) is 10.5 Å². The first-order valence-electron chi connectivity index (χ1n) is 6.16. The van der Waals surface area contributed by atoms with E-state index in [1.165, 1.54) is 4.68 Å². The zero-order chi connectivity index (χ0) is 14.6. The summed E-state index contributed by atoms with van der Waals surface area (Å²) in [5.41, 5.74) is 6.83. The predicted octanol–water partition coefficient (Wildman–Crippen LogP) is 0.475. The Bertz CT molecular complexity index is 480. The number of hydrogen-bond acceptors (Lipinski definition) is 5. The third-order valence-electron chi connectivity index (χ3n) is 2.45. The Morgan fingerprint density at radius 2 is 2.11 bits per heavy atom. The molecule has 1 rings (SSSR count). The maximum Gasteiger partial charge on any atom is 0.359 e. The number of aryl methyl sites for hydroxylation is 2. The van der Waals surface area contributed by atoms with Crippen LogP contribution in [0, 0.1) is 6.92 Å². The maximum atomic E-state index is 11.9. The average molecular weight is 268 g/mol. The Balaban J connectivity index is 2.71. The number of nitrogens with zero attached hydrogens (tertiary/aromatic N) is 2. The number of aromatic nitrogens is 2. The lowest BCUT2D eigenvalue weighted by atomic mass is 10.3. The molecule has 1 aromatic rings. The fraction of sp³-hybridized carbons (Fsp3) is 0.583. The minimum Gasteiger partial charge on any atom is -0.451 e. The maximum absolute atomic E-state index is 11.9. The topological polar surface area (TPSA) is 99.2 Å². The number of hydrogen-bond donors (Lipinski definition) is 2. The summed E-state index contributed by atoms with van der Waals surface area (Å²) in [5, 5.41) is 6.74. The van der Waals surface area contributed by atoms with Crippen molar-refractivity contribution in [2.75, 3.05) is 12.3 Å². The molecular weight excluding hydrogens is 248 g/mol. The van der Waals surface area contributed by atoms with Crippen LogP contribution >= 0.6 is 0 Å². The van der Waals surface area contributed by atoms with Crippen LogP contribution < -0.4 is 11.1 Å². The first-order chi connectivity index (χ1) is 8.86. The quantitative estimate of drug-likeness (QED) is 0.756. The number of esters is 1. The van der Waals surface area contributed by atoms with Crippen molar-refractivity contribution in [1.82, 2.24) is 15.1 Å². The molecule has 7 nitrogen and oxygen atoms in total. The summed E-state index contributed by atoms with van der Waals surface area (Å²) in [5.74, 6) is -0.986. The van der Waals surface area contributed by atoms with Crippen molar-refractivity contribution in [3.8, 4) is 0 Å². The van der Waals surface area contributed by atoms with Gasteiger partial charge < -0.3 is 15.8 Å². The molecule has 1 heterocycles. The van der Waals surface area contributed by atoms with Crippen molar-refractivity contribution in [2.45, 2.75) is 40.3 Å². The highest BCUT2D eigenvalue weighted by Gasteiger charge is 2.21. The monoisotopic (exact) mass is 268 g/mol. The third-order valence-corrected chi connectivity index (χ3v) is 2.45. The number of nitrogens with one attached hydrogen (secondary N) is 1. The Labute approximate surface area is 112 Å². The van der Waals surface area contributed by atoms with E-state index < -0.39 is 5.97 Å². The number of carbonyl (C=O) groups excluding carboxylic acids is 2. The van der Waals surface area contributed by atoms with Gasteiger partial charge in [0.15, 0.2) is 12.3 Å². The minimum atomic E-state index is -0.640. The lowest BCUT2D eigenvalue weighted by molar-refractivity contribution is -0.124. The van der Waals surface area contributed by atoms with E-state index in [9.17, 15) is 9.59 Å². The lowest BCUT2D eigenvalue weighted by Gasteiger charge is -2.09. The van der Waals surface area contributed by atoms with E-state index in [-0.39, 0.29) is 29.9 Å². The van der Waals surface area contributed by atoms with Crippen LogP contribution in [-0.2, 0) is 16.1 Å². The van der Waals surface area contributed by atoms with E-state index in [2.05, 4.69) is 10.4 Å². The van der Waals surface area contributed by atoms with Gasteiger partial charge in [0.2, 0.25) is 0 Å². The van der Waals surface area contributed by atoms with Crippen molar-refractivity contribution in [3.05, 3.63) is 11.4 Å². The van der Waals surface area contributed by atoms with E-state index in [0.717, 1.165) is 0 Å². The van der Waals surface area contributed by atoms with Crippen LogP contribution in [0.15, 0.2) is 0 Å². The Kier molecular flexibility index (Phi) is 4.91. The molecule has 1 amide bonds. The number of amides is 1. The third kappa shape index (κ3) is 3.70. The highest BCUT2D eigenvalue weighted by Crippen LogP contribution is 2.17. The van der Waals surface area contributed by atoms with E-state index in [0.29, 0.717) is 12.2 Å². The smallest absolute Gasteiger partial charge is 0.359 e. The lowest BCUT2D eigenvalue weighted by Crippen LogP contribution is -2.34. The van der Waals surface area contributed by atoms with Gasteiger partial charge in [-0.05, 0) is 27.7 Å². The van der Waals surface area contributed by atoms with Gasteiger partial charge in [-0.2, -0.15) is 5.10 Å². The van der Waals surface area contributed by atoms with Crippen LogP contribution in [0.25, 0.3) is 0 Å². The molecule has 0 aliphatic heterocycles. The summed E-state index contributed by atoms with van der Waals surface area (Å²) in [7, 11) is 0. The first kappa shape index (κ1) is 15.0. The van der Waals surface area contributed by atoms with Crippen LogP contribution in [-0.4, -0.2) is 34.3 Å². The first-order valence-corrected chi connectivity index (χ1v) is 6.16. The molecule has 0 spiro atoms. The SMILES string of the molecule is CCn1nc(C)c(N)c1C(=O)OCC(=O)NC(C)C. The standard InChI is InChI=1S/C12H20N4O3/c1-5-16-11(10(13)8(4)15-16)12(18)19-6-9(17)14-7(2)3/h7H,5-6,13H2,1-4H3,(H,14,17). The van der Waals surface area contributed by atoms with Gasteiger partial charge in [-0.3, -0.25) is 9.48 Å². The molecule has 19 heavy (non-hydrogen) atoms. The number of ether oxygens (including phenoxy) is 1.